The fraction of sp³-hybridized carbons (Fsp3) is 0.235. The van der Waals surface area contributed by atoms with E-state index >= 15 is 0 Å². The highest BCUT2D eigenvalue weighted by molar-refractivity contribution is 7.80. The SMILES string of the molecule is CCc1ccccc1NC(=S)N(C)Cc1ccccc1Cl. The predicted molar refractivity (Wildman–Crippen MR) is 95.0 cm³/mol. The lowest BCUT2D eigenvalue weighted by atomic mass is 10.1. The average molecular weight is 319 g/mol. The molecular formula is C17H19ClN2S. The predicted octanol–water partition coefficient (Wildman–Crippen LogP) is 4.73. The molecule has 2 aromatic carbocycles. The van der Waals surface area contributed by atoms with Crippen molar-refractivity contribution >= 4 is 34.6 Å². The number of aryl methyl sites for hydroxylation is 1. The quantitative estimate of drug-likeness (QED) is 0.820. The molecule has 1 N–H and O–H groups in total. The molecule has 0 fully saturated rings. The molecule has 2 rings (SSSR count). The van der Waals surface area contributed by atoms with Crippen molar-refractivity contribution in [2.75, 3.05) is 12.4 Å². The van der Waals surface area contributed by atoms with Gasteiger partial charge in [-0.15, -0.1) is 0 Å². The van der Waals surface area contributed by atoms with Crippen molar-refractivity contribution in [1.82, 2.24) is 4.90 Å². The van der Waals surface area contributed by atoms with Crippen LogP contribution in [0.15, 0.2) is 48.5 Å². The third kappa shape index (κ3) is 4.19. The first-order valence-corrected chi connectivity index (χ1v) is 7.74. The van der Waals surface area contributed by atoms with E-state index in [0.29, 0.717) is 11.7 Å². The van der Waals surface area contributed by atoms with Crippen LogP contribution in [0.25, 0.3) is 0 Å². The Kier molecular flexibility index (Phi) is 5.59. The number of nitrogens with zero attached hydrogens (tertiary/aromatic N) is 1. The number of hydrogen-bond acceptors (Lipinski definition) is 1. The lowest BCUT2D eigenvalue weighted by Crippen LogP contribution is -2.31. The minimum Gasteiger partial charge on any atom is -0.348 e. The molecule has 0 spiro atoms. The molecule has 4 heteroatoms. The van der Waals surface area contributed by atoms with E-state index in [1.807, 2.05) is 48.3 Å². The number of para-hydroxylation sites is 1. The number of benzene rings is 2. The maximum atomic E-state index is 6.19. The first-order valence-electron chi connectivity index (χ1n) is 6.95. The summed E-state index contributed by atoms with van der Waals surface area (Å²) < 4.78 is 0. The molecule has 2 nitrogen and oxygen atoms in total. The zero-order chi connectivity index (χ0) is 15.2. The Balaban J connectivity index is 2.05. The van der Waals surface area contributed by atoms with Crippen molar-refractivity contribution in [3.63, 3.8) is 0 Å². The summed E-state index contributed by atoms with van der Waals surface area (Å²) in [6.45, 7) is 2.82. The zero-order valence-electron chi connectivity index (χ0n) is 12.3. The van der Waals surface area contributed by atoms with E-state index in [4.69, 9.17) is 23.8 Å². The van der Waals surface area contributed by atoms with Gasteiger partial charge in [0, 0.05) is 24.3 Å². The Bertz CT molecular complexity index is 628. The van der Waals surface area contributed by atoms with Gasteiger partial charge in [-0.1, -0.05) is 54.9 Å². The van der Waals surface area contributed by atoms with E-state index in [1.54, 1.807) is 0 Å². The molecule has 0 saturated heterocycles. The smallest absolute Gasteiger partial charge is 0.173 e. The molecule has 0 aromatic heterocycles. The van der Waals surface area contributed by atoms with E-state index in [1.165, 1.54) is 5.56 Å². The van der Waals surface area contributed by atoms with Crippen LogP contribution in [0.2, 0.25) is 5.02 Å². The Morgan fingerprint density at radius 1 is 1.10 bits per heavy atom. The molecule has 0 aliphatic heterocycles. The van der Waals surface area contributed by atoms with Crippen molar-refractivity contribution < 1.29 is 0 Å². The Morgan fingerprint density at radius 3 is 2.38 bits per heavy atom. The normalized spacial score (nSPS) is 10.2. The van der Waals surface area contributed by atoms with Gasteiger partial charge in [0.05, 0.1) is 0 Å². The minimum atomic E-state index is 0.680. The first-order chi connectivity index (χ1) is 10.1. The van der Waals surface area contributed by atoms with E-state index in [2.05, 4.69) is 24.4 Å². The zero-order valence-corrected chi connectivity index (χ0v) is 13.8. The number of halogens is 1. The van der Waals surface area contributed by atoms with Gasteiger partial charge >= 0.3 is 0 Å². The summed E-state index contributed by atoms with van der Waals surface area (Å²) >= 11 is 11.7. The lowest BCUT2D eigenvalue weighted by Gasteiger charge is -2.22. The maximum Gasteiger partial charge on any atom is 0.173 e. The molecule has 0 unspecified atom stereocenters. The van der Waals surface area contributed by atoms with Crippen LogP contribution in [-0.4, -0.2) is 17.1 Å². The van der Waals surface area contributed by atoms with Crippen LogP contribution in [0.5, 0.6) is 0 Å². The highest BCUT2D eigenvalue weighted by Crippen LogP contribution is 2.19. The molecular weight excluding hydrogens is 300 g/mol. The molecule has 0 bridgehead atoms. The summed E-state index contributed by atoms with van der Waals surface area (Å²) in [5, 5.41) is 4.77. The third-order valence-corrected chi connectivity index (χ3v) is 4.13. The van der Waals surface area contributed by atoms with Gasteiger partial charge in [0.25, 0.3) is 0 Å². The third-order valence-electron chi connectivity index (χ3n) is 3.35. The van der Waals surface area contributed by atoms with E-state index in [-0.39, 0.29) is 0 Å². The van der Waals surface area contributed by atoms with Crippen LogP contribution in [0, 0.1) is 0 Å². The fourth-order valence-electron chi connectivity index (χ4n) is 2.12. The van der Waals surface area contributed by atoms with Crippen molar-refractivity contribution in [2.45, 2.75) is 19.9 Å². The van der Waals surface area contributed by atoms with Gasteiger partial charge in [-0.05, 0) is 41.9 Å². The van der Waals surface area contributed by atoms with Crippen LogP contribution in [-0.2, 0) is 13.0 Å². The molecule has 2 aromatic rings. The van der Waals surface area contributed by atoms with Crippen LogP contribution in [0.1, 0.15) is 18.1 Å². The standard InChI is InChI=1S/C17H19ClN2S/c1-3-13-8-5-7-11-16(13)19-17(21)20(2)12-14-9-4-6-10-15(14)18/h4-11H,3,12H2,1-2H3,(H,19,21). The van der Waals surface area contributed by atoms with Gasteiger partial charge in [0.1, 0.15) is 0 Å². The molecule has 110 valence electrons. The molecule has 0 atom stereocenters. The monoisotopic (exact) mass is 318 g/mol. The van der Waals surface area contributed by atoms with E-state index in [0.717, 1.165) is 22.7 Å². The van der Waals surface area contributed by atoms with Crippen LogP contribution >= 0.6 is 23.8 Å². The number of hydrogen-bond donors (Lipinski definition) is 1. The second-order valence-corrected chi connectivity index (χ2v) is 5.68. The number of rotatable bonds is 4. The highest BCUT2D eigenvalue weighted by atomic mass is 35.5. The lowest BCUT2D eigenvalue weighted by molar-refractivity contribution is 0.508. The van der Waals surface area contributed by atoms with Crippen molar-refractivity contribution in [1.29, 1.82) is 0 Å². The number of anilines is 1. The molecule has 0 heterocycles. The summed E-state index contributed by atoms with van der Waals surface area (Å²) in [6.07, 6.45) is 0.972. The number of thiocarbonyl (C=S) groups is 1. The molecule has 0 aliphatic rings. The topological polar surface area (TPSA) is 15.3 Å². The second-order valence-electron chi connectivity index (χ2n) is 4.89. The fourth-order valence-corrected chi connectivity index (χ4v) is 2.49. The van der Waals surface area contributed by atoms with Crippen molar-refractivity contribution in [3.8, 4) is 0 Å². The Labute approximate surface area is 136 Å². The minimum absolute atomic E-state index is 0.680. The van der Waals surface area contributed by atoms with Crippen LogP contribution < -0.4 is 5.32 Å². The van der Waals surface area contributed by atoms with E-state index in [9.17, 15) is 0 Å². The molecule has 0 saturated carbocycles. The van der Waals surface area contributed by atoms with Gasteiger partial charge in [0.2, 0.25) is 0 Å². The average Bonchev–Trinajstić information content (AvgIpc) is 2.50. The Hall–Kier alpha value is -1.58. The van der Waals surface area contributed by atoms with Gasteiger partial charge in [0.15, 0.2) is 5.11 Å². The molecule has 0 amide bonds. The van der Waals surface area contributed by atoms with Gasteiger partial charge in [-0.25, -0.2) is 0 Å². The highest BCUT2D eigenvalue weighted by Gasteiger charge is 2.09. The summed E-state index contributed by atoms with van der Waals surface area (Å²) in [5.41, 5.74) is 3.39. The first kappa shape index (κ1) is 15.8. The van der Waals surface area contributed by atoms with Gasteiger partial charge in [-0.2, -0.15) is 0 Å². The van der Waals surface area contributed by atoms with Gasteiger partial charge in [-0.3, -0.25) is 0 Å². The Morgan fingerprint density at radius 2 is 1.71 bits per heavy atom. The summed E-state index contributed by atoms with van der Waals surface area (Å²) in [5.74, 6) is 0. The molecule has 0 aliphatic carbocycles. The van der Waals surface area contributed by atoms with E-state index < -0.39 is 0 Å². The van der Waals surface area contributed by atoms with Crippen molar-refractivity contribution in [2.24, 2.45) is 0 Å². The van der Waals surface area contributed by atoms with Gasteiger partial charge < -0.3 is 10.2 Å². The second kappa shape index (κ2) is 7.43. The summed E-state index contributed by atoms with van der Waals surface area (Å²) in [7, 11) is 1.97. The molecule has 21 heavy (non-hydrogen) atoms. The molecule has 0 radical (unpaired) electrons. The maximum absolute atomic E-state index is 6.19. The van der Waals surface area contributed by atoms with Crippen LogP contribution in [0.3, 0.4) is 0 Å². The summed E-state index contributed by atoms with van der Waals surface area (Å²) in [6, 6.07) is 16.0. The largest absolute Gasteiger partial charge is 0.348 e. The van der Waals surface area contributed by atoms with Crippen LogP contribution in [0.4, 0.5) is 5.69 Å². The summed E-state index contributed by atoms with van der Waals surface area (Å²) in [4.78, 5) is 1.99. The number of nitrogens with one attached hydrogen (secondary N) is 1. The van der Waals surface area contributed by atoms with Crippen molar-refractivity contribution in [3.05, 3.63) is 64.7 Å².